The number of hydrogen-bond acceptors (Lipinski definition) is 8. The second-order valence-electron chi connectivity index (χ2n) is 10.5. The van der Waals surface area contributed by atoms with Gasteiger partial charge in [0.2, 0.25) is 5.91 Å². The highest BCUT2D eigenvalue weighted by atomic mass is 16.5. The summed E-state index contributed by atoms with van der Waals surface area (Å²) in [6, 6.07) is 14.7. The molecule has 0 unspecified atom stereocenters. The van der Waals surface area contributed by atoms with E-state index < -0.39 is 5.91 Å². The molecule has 4 aromatic rings. The molecule has 3 heterocycles. The van der Waals surface area contributed by atoms with Gasteiger partial charge in [0.1, 0.15) is 17.3 Å². The van der Waals surface area contributed by atoms with Crippen molar-refractivity contribution in [1.29, 1.82) is 0 Å². The molecule has 1 saturated heterocycles. The predicted molar refractivity (Wildman–Crippen MR) is 169 cm³/mol. The molecule has 1 fully saturated rings. The second kappa shape index (κ2) is 13.1. The molecule has 0 bridgehead atoms. The maximum absolute atomic E-state index is 14.2. The molecule has 224 valence electrons. The number of fused-ring (bicyclic) bond motifs is 1. The number of nitrogens with one attached hydrogen (secondary N) is 1. The average molecular weight is 584 g/mol. The van der Waals surface area contributed by atoms with Gasteiger partial charge < -0.3 is 29.8 Å². The molecule has 3 N–H and O–H groups in total. The van der Waals surface area contributed by atoms with Gasteiger partial charge >= 0.3 is 0 Å². The van der Waals surface area contributed by atoms with E-state index >= 15 is 0 Å². The molecule has 10 heteroatoms. The van der Waals surface area contributed by atoms with E-state index in [-0.39, 0.29) is 11.1 Å². The number of ether oxygens (including phenoxy) is 3. The zero-order chi connectivity index (χ0) is 30.5. The Kier molecular flexibility index (Phi) is 9.08. The van der Waals surface area contributed by atoms with E-state index in [9.17, 15) is 9.59 Å². The number of aromatic nitrogens is 2. The first kappa shape index (κ1) is 29.8. The zero-order valence-electron chi connectivity index (χ0n) is 24.8. The third-order valence-corrected chi connectivity index (χ3v) is 7.75. The minimum Gasteiger partial charge on any atom is -0.497 e. The third-order valence-electron chi connectivity index (χ3n) is 7.75. The first-order chi connectivity index (χ1) is 20.8. The molecule has 10 nitrogen and oxygen atoms in total. The predicted octanol–water partition coefficient (Wildman–Crippen LogP) is 4.35. The normalized spacial score (nSPS) is 13.6. The maximum atomic E-state index is 14.2. The van der Waals surface area contributed by atoms with Gasteiger partial charge in [0.25, 0.3) is 5.56 Å². The van der Waals surface area contributed by atoms with E-state index in [0.29, 0.717) is 46.2 Å². The Morgan fingerprint density at radius 2 is 1.79 bits per heavy atom. The van der Waals surface area contributed by atoms with Crippen LogP contribution in [0.2, 0.25) is 0 Å². The van der Waals surface area contributed by atoms with Gasteiger partial charge in [-0.25, -0.2) is 4.98 Å². The largest absolute Gasteiger partial charge is 0.497 e. The number of nitrogens with two attached hydrogens (primary N) is 1. The molecule has 1 aliphatic heterocycles. The Labute approximate surface area is 250 Å². The summed E-state index contributed by atoms with van der Waals surface area (Å²) in [5, 5.41) is 4.15. The smallest absolute Gasteiger partial charge is 0.258 e. The molecule has 0 spiro atoms. The highest BCUT2D eigenvalue weighted by molar-refractivity contribution is 6.19. The Morgan fingerprint density at radius 1 is 1.07 bits per heavy atom. The summed E-state index contributed by atoms with van der Waals surface area (Å²) in [4.78, 5) is 33.1. The third kappa shape index (κ3) is 6.55. The highest BCUT2D eigenvalue weighted by Crippen LogP contribution is 2.32. The van der Waals surface area contributed by atoms with E-state index in [1.807, 2.05) is 47.9 Å². The molecule has 0 atom stereocenters. The van der Waals surface area contributed by atoms with Gasteiger partial charge in [0.05, 0.1) is 38.6 Å². The zero-order valence-corrected chi connectivity index (χ0v) is 24.8. The molecule has 2 aromatic heterocycles. The maximum Gasteiger partial charge on any atom is 0.258 e. The van der Waals surface area contributed by atoms with Crippen molar-refractivity contribution in [3.05, 3.63) is 82.8 Å². The molecule has 5 rings (SSSR count). The lowest BCUT2D eigenvalue weighted by Gasteiger charge is -2.26. The summed E-state index contributed by atoms with van der Waals surface area (Å²) in [6.07, 6.45) is 2.53. The van der Waals surface area contributed by atoms with Crippen LogP contribution in [0.25, 0.3) is 27.6 Å². The summed E-state index contributed by atoms with van der Waals surface area (Å²) in [5.41, 5.74) is 9.76. The summed E-state index contributed by atoms with van der Waals surface area (Å²) < 4.78 is 18.2. The number of nitrogens with zero attached hydrogens (tertiary/aromatic N) is 3. The van der Waals surface area contributed by atoms with Gasteiger partial charge in [-0.05, 0) is 42.7 Å². The lowest BCUT2D eigenvalue weighted by atomic mass is 10.0. The molecule has 43 heavy (non-hydrogen) atoms. The van der Waals surface area contributed by atoms with E-state index in [4.69, 9.17) is 19.9 Å². The number of aryl methyl sites for hydroxylation is 2. The average Bonchev–Trinajstić information content (AvgIpc) is 3.02. The van der Waals surface area contributed by atoms with Crippen molar-refractivity contribution in [2.45, 2.75) is 19.9 Å². The number of carbonyl (C=O) groups excluding carboxylic acids is 1. The number of rotatable bonds is 11. The van der Waals surface area contributed by atoms with Gasteiger partial charge in [-0.15, -0.1) is 0 Å². The molecule has 2 aromatic carbocycles. The molecule has 1 amide bonds. The monoisotopic (exact) mass is 583 g/mol. The summed E-state index contributed by atoms with van der Waals surface area (Å²) in [6.45, 7) is 10.4. The number of methoxy groups -OCH3 is 2. The molecule has 0 saturated carbocycles. The van der Waals surface area contributed by atoms with Gasteiger partial charge in [-0.2, -0.15) is 0 Å². The molecule has 0 aliphatic carbocycles. The number of amides is 1. The summed E-state index contributed by atoms with van der Waals surface area (Å²) >= 11 is 0. The van der Waals surface area contributed by atoms with Crippen molar-refractivity contribution in [3.8, 4) is 22.6 Å². The lowest BCUT2D eigenvalue weighted by molar-refractivity contribution is -0.112. The standard InChI is InChI=1S/C33H37N5O5/c1-21-7-5-8-27(22(2)32(34)39)31(21)36-30-19-29-24(20-35-30)17-28(23-15-25(41-3)18-26(16-23)42-4)33(40)38(29)10-6-9-37-11-13-43-14-12-37/h5,7-8,15-20H,2,6,9-14H2,1,3-4H3,(H2,34,39)(H,35,36). The minimum atomic E-state index is -0.601. The number of hydrogen-bond donors (Lipinski definition) is 2. The van der Waals surface area contributed by atoms with E-state index in [2.05, 4.69) is 21.8 Å². The number of benzene rings is 2. The Morgan fingerprint density at radius 3 is 2.47 bits per heavy atom. The van der Waals surface area contributed by atoms with Crippen molar-refractivity contribution >= 4 is 33.9 Å². The quantitative estimate of drug-likeness (QED) is 0.250. The number of morpholine rings is 1. The van der Waals surface area contributed by atoms with Crippen LogP contribution in [0.1, 0.15) is 17.5 Å². The number of anilines is 2. The van der Waals surface area contributed by atoms with E-state index in [1.165, 1.54) is 0 Å². The fraction of sp³-hybridized carbons (Fsp3) is 0.303. The Hall–Kier alpha value is -4.67. The van der Waals surface area contributed by atoms with Crippen molar-refractivity contribution in [2.75, 3.05) is 52.4 Å². The molecule has 1 aliphatic rings. The molecule has 0 radical (unpaired) electrons. The number of carbonyl (C=O) groups is 1. The van der Waals surface area contributed by atoms with Crippen LogP contribution in [-0.2, 0) is 16.1 Å². The van der Waals surface area contributed by atoms with Crippen LogP contribution in [0.4, 0.5) is 11.5 Å². The van der Waals surface area contributed by atoms with Crippen LogP contribution in [0, 0.1) is 6.92 Å². The fourth-order valence-corrected chi connectivity index (χ4v) is 5.36. The fourth-order valence-electron chi connectivity index (χ4n) is 5.36. The first-order valence-electron chi connectivity index (χ1n) is 14.2. The van der Waals surface area contributed by atoms with Crippen molar-refractivity contribution in [3.63, 3.8) is 0 Å². The van der Waals surface area contributed by atoms with E-state index in [0.717, 1.165) is 55.7 Å². The van der Waals surface area contributed by atoms with Gasteiger partial charge in [0.15, 0.2) is 0 Å². The van der Waals surface area contributed by atoms with Gasteiger partial charge in [-0.3, -0.25) is 14.5 Å². The van der Waals surface area contributed by atoms with Crippen LogP contribution < -0.4 is 26.1 Å². The summed E-state index contributed by atoms with van der Waals surface area (Å²) in [5.74, 6) is 1.11. The van der Waals surface area contributed by atoms with Crippen LogP contribution in [0.15, 0.2) is 66.1 Å². The molecular weight excluding hydrogens is 546 g/mol. The second-order valence-corrected chi connectivity index (χ2v) is 10.5. The van der Waals surface area contributed by atoms with Gasteiger partial charge in [0, 0.05) is 66.6 Å². The summed E-state index contributed by atoms with van der Waals surface area (Å²) in [7, 11) is 3.17. The van der Waals surface area contributed by atoms with Crippen LogP contribution >= 0.6 is 0 Å². The first-order valence-corrected chi connectivity index (χ1v) is 14.2. The van der Waals surface area contributed by atoms with E-state index in [1.54, 1.807) is 32.5 Å². The van der Waals surface area contributed by atoms with Crippen molar-refractivity contribution < 1.29 is 19.0 Å². The molecular formula is C33H37N5O5. The number of primary amides is 1. The van der Waals surface area contributed by atoms with Crippen molar-refractivity contribution in [2.24, 2.45) is 5.73 Å². The van der Waals surface area contributed by atoms with Crippen LogP contribution in [-0.4, -0.2) is 67.4 Å². The number of pyridine rings is 2. The minimum absolute atomic E-state index is 0.124. The SMILES string of the molecule is C=C(C(N)=O)c1cccc(C)c1Nc1cc2c(cn1)cc(-c1cc(OC)cc(OC)c1)c(=O)n2CCCN1CCOCC1. The van der Waals surface area contributed by atoms with Gasteiger partial charge in [-0.1, -0.05) is 24.8 Å². The highest BCUT2D eigenvalue weighted by Gasteiger charge is 2.17. The van der Waals surface area contributed by atoms with Crippen molar-refractivity contribution in [1.82, 2.24) is 14.5 Å². The lowest BCUT2D eigenvalue weighted by Crippen LogP contribution is -2.37. The number of para-hydroxylation sites is 1. The van der Waals surface area contributed by atoms with Crippen LogP contribution in [0.3, 0.4) is 0 Å². The Balaban J connectivity index is 1.59. The van der Waals surface area contributed by atoms with Crippen LogP contribution in [0.5, 0.6) is 11.5 Å². The Bertz CT molecular complexity index is 1700. The topological polar surface area (TPSA) is 121 Å².